The highest BCUT2D eigenvalue weighted by molar-refractivity contribution is 9.10. The van der Waals surface area contributed by atoms with E-state index in [1.807, 2.05) is 30.3 Å². The molecule has 112 valence electrons. The van der Waals surface area contributed by atoms with Crippen molar-refractivity contribution in [2.75, 3.05) is 19.4 Å². The van der Waals surface area contributed by atoms with Gasteiger partial charge >= 0.3 is 0 Å². The molecular formula is C15H17BrN2O2S. The third-order valence-corrected chi connectivity index (χ3v) is 5.36. The second-order valence-electron chi connectivity index (χ2n) is 4.80. The molecule has 0 aliphatic heterocycles. The lowest BCUT2D eigenvalue weighted by Crippen LogP contribution is -2.22. The van der Waals surface area contributed by atoms with Crippen LogP contribution in [0.5, 0.6) is 0 Å². The summed E-state index contributed by atoms with van der Waals surface area (Å²) in [6, 6.07) is 14.8. The van der Waals surface area contributed by atoms with Gasteiger partial charge < -0.3 is 5.32 Å². The largest absolute Gasteiger partial charge is 0.381 e. The first-order chi connectivity index (χ1) is 9.89. The standard InChI is InChI=1S/C15H17BrN2O2S/c1-18(2)21(19,20)15-5-3-4-12(10-15)11-17-14-8-6-13(16)7-9-14/h3-10,17H,11H2,1-2H3. The van der Waals surface area contributed by atoms with E-state index in [0.717, 1.165) is 15.7 Å². The van der Waals surface area contributed by atoms with Gasteiger partial charge in [0.2, 0.25) is 10.0 Å². The third kappa shape index (κ3) is 4.06. The van der Waals surface area contributed by atoms with Crippen LogP contribution in [0.4, 0.5) is 5.69 Å². The summed E-state index contributed by atoms with van der Waals surface area (Å²) in [5, 5.41) is 3.27. The van der Waals surface area contributed by atoms with Gasteiger partial charge in [0.05, 0.1) is 4.90 Å². The Kier molecular flexibility index (Phi) is 5.03. The van der Waals surface area contributed by atoms with Crippen molar-refractivity contribution in [2.45, 2.75) is 11.4 Å². The molecule has 0 spiro atoms. The van der Waals surface area contributed by atoms with Gasteiger partial charge in [0, 0.05) is 30.8 Å². The second-order valence-corrected chi connectivity index (χ2v) is 7.86. The molecule has 0 radical (unpaired) electrons. The highest BCUT2D eigenvalue weighted by Gasteiger charge is 2.16. The maximum atomic E-state index is 12.1. The summed E-state index contributed by atoms with van der Waals surface area (Å²) >= 11 is 3.39. The molecule has 2 rings (SSSR count). The lowest BCUT2D eigenvalue weighted by Gasteiger charge is -2.13. The molecule has 2 aromatic carbocycles. The van der Waals surface area contributed by atoms with E-state index in [1.54, 1.807) is 18.2 Å². The highest BCUT2D eigenvalue weighted by atomic mass is 79.9. The summed E-state index contributed by atoms with van der Waals surface area (Å²) in [5.41, 5.74) is 1.90. The van der Waals surface area contributed by atoms with Crippen molar-refractivity contribution < 1.29 is 8.42 Å². The predicted octanol–water partition coefficient (Wildman–Crippen LogP) is 3.31. The van der Waals surface area contributed by atoms with Crippen molar-refractivity contribution >= 4 is 31.6 Å². The zero-order chi connectivity index (χ0) is 15.5. The van der Waals surface area contributed by atoms with Crippen molar-refractivity contribution in [2.24, 2.45) is 0 Å². The van der Waals surface area contributed by atoms with Gasteiger partial charge in [-0.3, -0.25) is 0 Å². The van der Waals surface area contributed by atoms with Gasteiger partial charge in [-0.05, 0) is 42.0 Å². The summed E-state index contributed by atoms with van der Waals surface area (Å²) in [4.78, 5) is 0.308. The van der Waals surface area contributed by atoms with E-state index >= 15 is 0 Å². The number of sulfonamides is 1. The second kappa shape index (κ2) is 6.60. The van der Waals surface area contributed by atoms with Crippen LogP contribution >= 0.6 is 15.9 Å². The molecule has 0 saturated heterocycles. The first-order valence-corrected chi connectivity index (χ1v) is 8.64. The number of halogens is 1. The molecule has 0 saturated carbocycles. The maximum Gasteiger partial charge on any atom is 0.242 e. The lowest BCUT2D eigenvalue weighted by atomic mass is 10.2. The third-order valence-electron chi connectivity index (χ3n) is 3.02. The fourth-order valence-electron chi connectivity index (χ4n) is 1.80. The number of benzene rings is 2. The molecule has 2 aromatic rings. The Morgan fingerprint density at radius 1 is 1.10 bits per heavy atom. The number of anilines is 1. The van der Waals surface area contributed by atoms with E-state index in [-0.39, 0.29) is 0 Å². The molecular weight excluding hydrogens is 352 g/mol. The summed E-state index contributed by atoms with van der Waals surface area (Å²) in [5.74, 6) is 0. The molecule has 0 aliphatic rings. The van der Waals surface area contributed by atoms with Gasteiger partial charge in [-0.2, -0.15) is 0 Å². The van der Waals surface area contributed by atoms with Gasteiger partial charge in [0.1, 0.15) is 0 Å². The van der Waals surface area contributed by atoms with Gasteiger partial charge in [0.15, 0.2) is 0 Å². The van der Waals surface area contributed by atoms with E-state index in [1.165, 1.54) is 18.4 Å². The van der Waals surface area contributed by atoms with Crippen LogP contribution < -0.4 is 5.32 Å². The quantitative estimate of drug-likeness (QED) is 0.880. The number of rotatable bonds is 5. The van der Waals surface area contributed by atoms with E-state index < -0.39 is 10.0 Å². The molecule has 0 amide bonds. The van der Waals surface area contributed by atoms with Crippen LogP contribution in [-0.2, 0) is 16.6 Å². The predicted molar refractivity (Wildman–Crippen MR) is 88.8 cm³/mol. The first kappa shape index (κ1) is 16.0. The number of hydrogen-bond donors (Lipinski definition) is 1. The number of nitrogens with one attached hydrogen (secondary N) is 1. The fourth-order valence-corrected chi connectivity index (χ4v) is 3.04. The normalized spacial score (nSPS) is 11.6. The van der Waals surface area contributed by atoms with Crippen LogP contribution in [0, 0.1) is 0 Å². The molecule has 21 heavy (non-hydrogen) atoms. The molecule has 0 bridgehead atoms. The Labute approximate surface area is 134 Å². The van der Waals surface area contributed by atoms with Crippen LogP contribution in [0.15, 0.2) is 57.9 Å². The molecule has 0 aromatic heterocycles. The molecule has 0 aliphatic carbocycles. The Bertz CT molecular complexity index is 713. The number of nitrogens with zero attached hydrogens (tertiary/aromatic N) is 1. The molecule has 0 heterocycles. The topological polar surface area (TPSA) is 49.4 Å². The van der Waals surface area contributed by atoms with Gasteiger partial charge in [-0.1, -0.05) is 28.1 Å². The van der Waals surface area contributed by atoms with Crippen LogP contribution in [0.1, 0.15) is 5.56 Å². The van der Waals surface area contributed by atoms with Crippen molar-refractivity contribution in [1.82, 2.24) is 4.31 Å². The van der Waals surface area contributed by atoms with Crippen LogP contribution in [-0.4, -0.2) is 26.8 Å². The highest BCUT2D eigenvalue weighted by Crippen LogP contribution is 2.17. The van der Waals surface area contributed by atoms with Crippen LogP contribution in [0.3, 0.4) is 0 Å². The lowest BCUT2D eigenvalue weighted by molar-refractivity contribution is 0.520. The summed E-state index contributed by atoms with van der Waals surface area (Å²) in [6.07, 6.45) is 0. The Hall–Kier alpha value is -1.37. The Morgan fingerprint density at radius 3 is 2.38 bits per heavy atom. The number of hydrogen-bond acceptors (Lipinski definition) is 3. The van der Waals surface area contributed by atoms with E-state index in [9.17, 15) is 8.42 Å². The van der Waals surface area contributed by atoms with Gasteiger partial charge in [-0.25, -0.2) is 12.7 Å². The zero-order valence-electron chi connectivity index (χ0n) is 11.9. The average Bonchev–Trinajstić information content (AvgIpc) is 2.47. The summed E-state index contributed by atoms with van der Waals surface area (Å²) < 4.78 is 26.4. The Balaban J connectivity index is 2.13. The minimum atomic E-state index is -3.39. The zero-order valence-corrected chi connectivity index (χ0v) is 14.3. The first-order valence-electron chi connectivity index (χ1n) is 6.40. The average molecular weight is 369 g/mol. The van der Waals surface area contributed by atoms with Crippen molar-refractivity contribution in [1.29, 1.82) is 0 Å². The SMILES string of the molecule is CN(C)S(=O)(=O)c1cccc(CNc2ccc(Br)cc2)c1. The van der Waals surface area contributed by atoms with Crippen molar-refractivity contribution in [3.05, 3.63) is 58.6 Å². The monoisotopic (exact) mass is 368 g/mol. The molecule has 0 fully saturated rings. The molecule has 0 atom stereocenters. The maximum absolute atomic E-state index is 12.1. The fraction of sp³-hybridized carbons (Fsp3) is 0.200. The van der Waals surface area contributed by atoms with Crippen LogP contribution in [0.25, 0.3) is 0 Å². The summed E-state index contributed by atoms with van der Waals surface area (Å²) in [6.45, 7) is 0.568. The van der Waals surface area contributed by atoms with Crippen molar-refractivity contribution in [3.63, 3.8) is 0 Å². The Morgan fingerprint density at radius 2 is 1.76 bits per heavy atom. The van der Waals surface area contributed by atoms with Crippen LogP contribution in [0.2, 0.25) is 0 Å². The van der Waals surface area contributed by atoms with E-state index in [2.05, 4.69) is 21.2 Å². The van der Waals surface area contributed by atoms with Gasteiger partial charge in [0.25, 0.3) is 0 Å². The molecule has 4 nitrogen and oxygen atoms in total. The minimum absolute atomic E-state index is 0.308. The van der Waals surface area contributed by atoms with Crippen molar-refractivity contribution in [3.8, 4) is 0 Å². The molecule has 6 heteroatoms. The summed E-state index contributed by atoms with van der Waals surface area (Å²) in [7, 11) is -0.329. The smallest absolute Gasteiger partial charge is 0.242 e. The van der Waals surface area contributed by atoms with E-state index in [4.69, 9.17) is 0 Å². The molecule has 1 N–H and O–H groups in total. The van der Waals surface area contributed by atoms with Gasteiger partial charge in [-0.15, -0.1) is 0 Å². The minimum Gasteiger partial charge on any atom is -0.381 e. The van der Waals surface area contributed by atoms with E-state index in [0.29, 0.717) is 11.4 Å². The molecule has 0 unspecified atom stereocenters.